The summed E-state index contributed by atoms with van der Waals surface area (Å²) >= 11 is 1.61. The third-order valence-corrected chi connectivity index (χ3v) is 4.59. The second kappa shape index (κ2) is 8.19. The van der Waals surface area contributed by atoms with Gasteiger partial charge in [-0.2, -0.15) is 11.8 Å². The first-order valence-corrected chi connectivity index (χ1v) is 7.68. The van der Waals surface area contributed by atoms with E-state index in [4.69, 9.17) is 4.74 Å². The number of hydrogen-bond acceptors (Lipinski definition) is 5. The third-order valence-electron chi connectivity index (χ3n) is 3.10. The number of ether oxygens (including phenoxy) is 1. The molecule has 0 aromatic carbocycles. The van der Waals surface area contributed by atoms with Crippen LogP contribution in [0.4, 0.5) is 0 Å². The van der Waals surface area contributed by atoms with Gasteiger partial charge in [0.05, 0.1) is 0 Å². The van der Waals surface area contributed by atoms with Crippen molar-refractivity contribution in [2.75, 3.05) is 18.1 Å². The van der Waals surface area contributed by atoms with E-state index in [1.165, 1.54) is 0 Å². The first-order chi connectivity index (χ1) is 9.10. The van der Waals surface area contributed by atoms with Gasteiger partial charge in [-0.3, -0.25) is 9.59 Å². The molecule has 2 unspecified atom stereocenters. The molecule has 0 radical (unpaired) electrons. The molecule has 0 aliphatic carbocycles. The number of hydrogen-bond donors (Lipinski definition) is 0. The summed E-state index contributed by atoms with van der Waals surface area (Å²) < 4.78 is 4.92. The fourth-order valence-electron chi connectivity index (χ4n) is 2.02. The normalized spacial score (nSPS) is 21.8. The third kappa shape index (κ3) is 4.86. The Balaban J connectivity index is 2.38. The monoisotopic (exact) mass is 287 g/mol. The minimum Gasteiger partial charge on any atom is -0.444 e. The van der Waals surface area contributed by atoms with Crippen LogP contribution in [0, 0.1) is 11.8 Å². The van der Waals surface area contributed by atoms with E-state index in [0.29, 0.717) is 25.2 Å². The van der Waals surface area contributed by atoms with Gasteiger partial charge in [-0.15, -0.1) is 0 Å². The van der Waals surface area contributed by atoms with Crippen LogP contribution in [0.3, 0.4) is 0 Å². The fourth-order valence-corrected chi connectivity index (χ4v) is 3.10. The molecule has 0 bridgehead atoms. The summed E-state index contributed by atoms with van der Waals surface area (Å²) in [7, 11) is 0. The van der Waals surface area contributed by atoms with Crippen molar-refractivity contribution < 1.29 is 19.1 Å². The zero-order valence-corrected chi connectivity index (χ0v) is 12.2. The van der Waals surface area contributed by atoms with Gasteiger partial charge < -0.3 is 14.4 Å². The number of amides is 1. The quantitative estimate of drug-likeness (QED) is 0.630. The van der Waals surface area contributed by atoms with Gasteiger partial charge in [0.15, 0.2) is 6.23 Å². The zero-order valence-electron chi connectivity index (χ0n) is 11.4. The van der Waals surface area contributed by atoms with E-state index in [9.17, 15) is 14.4 Å². The fraction of sp³-hybridized carbons (Fsp3) is 0.769. The second-order valence-electron chi connectivity index (χ2n) is 4.91. The summed E-state index contributed by atoms with van der Waals surface area (Å²) in [6.07, 6.45) is 2.11. The van der Waals surface area contributed by atoms with Crippen molar-refractivity contribution >= 4 is 30.4 Å². The molecule has 3 atom stereocenters. The molecule has 5 nitrogen and oxygen atoms in total. The highest BCUT2D eigenvalue weighted by Crippen LogP contribution is 2.22. The molecule has 1 aliphatic heterocycles. The van der Waals surface area contributed by atoms with Crippen molar-refractivity contribution in [1.29, 1.82) is 0 Å². The summed E-state index contributed by atoms with van der Waals surface area (Å²) in [5, 5.41) is 0. The van der Waals surface area contributed by atoms with Gasteiger partial charge in [0.25, 0.3) is 6.47 Å². The van der Waals surface area contributed by atoms with E-state index in [0.717, 1.165) is 18.5 Å². The molecule has 1 rings (SSSR count). The summed E-state index contributed by atoms with van der Waals surface area (Å²) in [4.78, 5) is 34.7. The van der Waals surface area contributed by atoms with Crippen LogP contribution in [0.25, 0.3) is 0 Å². The minimum atomic E-state index is -0.397. The molecule has 1 heterocycles. The Morgan fingerprint density at radius 3 is 2.79 bits per heavy atom. The molecule has 6 heteroatoms. The molecule has 1 amide bonds. The van der Waals surface area contributed by atoms with Crippen molar-refractivity contribution in [3.05, 3.63) is 0 Å². The maximum Gasteiger partial charge on any atom is 0.295 e. The topological polar surface area (TPSA) is 63.7 Å². The average Bonchev–Trinajstić information content (AvgIpc) is 2.86. The zero-order chi connectivity index (χ0) is 14.3. The van der Waals surface area contributed by atoms with E-state index in [2.05, 4.69) is 0 Å². The van der Waals surface area contributed by atoms with Crippen LogP contribution < -0.4 is 0 Å². The van der Waals surface area contributed by atoms with Crippen molar-refractivity contribution in [2.24, 2.45) is 11.8 Å². The van der Waals surface area contributed by atoms with Crippen LogP contribution in [0.1, 0.15) is 26.7 Å². The van der Waals surface area contributed by atoms with Crippen LogP contribution in [0.2, 0.25) is 0 Å². The summed E-state index contributed by atoms with van der Waals surface area (Å²) in [6, 6.07) is 0. The van der Waals surface area contributed by atoms with Crippen LogP contribution in [0.15, 0.2) is 0 Å². The van der Waals surface area contributed by atoms with E-state index >= 15 is 0 Å². The standard InChI is InChI=1S/C13H21NO4S/c1-10(6-15)7-19-8-11(2)13(17)14-5-3-4-12(14)18-9-16/h6,9-12H,3-5,7-8H2,1-2H3/t10?,11?,12-/m1/s1. The van der Waals surface area contributed by atoms with Crippen molar-refractivity contribution in [3.8, 4) is 0 Å². The van der Waals surface area contributed by atoms with Crippen LogP contribution >= 0.6 is 11.8 Å². The number of carbonyl (C=O) groups excluding carboxylic acids is 3. The van der Waals surface area contributed by atoms with Crippen molar-refractivity contribution in [1.82, 2.24) is 4.90 Å². The summed E-state index contributed by atoms with van der Waals surface area (Å²) in [5.41, 5.74) is 0. The highest BCUT2D eigenvalue weighted by atomic mass is 32.2. The molecule has 1 fully saturated rings. The second-order valence-corrected chi connectivity index (χ2v) is 5.99. The Morgan fingerprint density at radius 2 is 2.16 bits per heavy atom. The van der Waals surface area contributed by atoms with Gasteiger partial charge in [0, 0.05) is 36.3 Å². The molecule has 0 N–H and O–H groups in total. The first-order valence-electron chi connectivity index (χ1n) is 6.52. The Bertz CT molecular complexity index is 324. The molecule has 1 aliphatic rings. The van der Waals surface area contributed by atoms with E-state index in [-0.39, 0.29) is 17.7 Å². The van der Waals surface area contributed by atoms with Crippen LogP contribution in [-0.2, 0) is 19.1 Å². The minimum absolute atomic E-state index is 0.0187. The molecular formula is C13H21NO4S. The molecule has 0 saturated carbocycles. The molecular weight excluding hydrogens is 266 g/mol. The summed E-state index contributed by atoms with van der Waals surface area (Å²) in [6.45, 7) is 4.79. The van der Waals surface area contributed by atoms with Crippen LogP contribution in [0.5, 0.6) is 0 Å². The predicted octanol–water partition coefficient (Wildman–Crippen LogP) is 1.31. The molecule has 0 aromatic rings. The van der Waals surface area contributed by atoms with E-state index < -0.39 is 6.23 Å². The largest absolute Gasteiger partial charge is 0.444 e. The molecule has 19 heavy (non-hydrogen) atoms. The lowest BCUT2D eigenvalue weighted by Gasteiger charge is -2.25. The van der Waals surface area contributed by atoms with Crippen LogP contribution in [-0.4, -0.2) is 47.8 Å². The molecule has 0 spiro atoms. The maximum absolute atomic E-state index is 12.2. The van der Waals surface area contributed by atoms with E-state index in [1.807, 2.05) is 13.8 Å². The maximum atomic E-state index is 12.2. The number of rotatable bonds is 8. The lowest BCUT2D eigenvalue weighted by atomic mass is 10.2. The van der Waals surface area contributed by atoms with Gasteiger partial charge in [-0.1, -0.05) is 13.8 Å². The molecule has 0 aromatic heterocycles. The Labute approximate surface area is 118 Å². The first kappa shape index (κ1) is 16.0. The Kier molecular flexibility index (Phi) is 6.91. The smallest absolute Gasteiger partial charge is 0.295 e. The van der Waals surface area contributed by atoms with E-state index in [1.54, 1.807) is 16.7 Å². The van der Waals surface area contributed by atoms with Gasteiger partial charge in [-0.25, -0.2) is 0 Å². The van der Waals surface area contributed by atoms with Crippen molar-refractivity contribution in [3.63, 3.8) is 0 Å². The van der Waals surface area contributed by atoms with Gasteiger partial charge in [0.1, 0.15) is 6.29 Å². The van der Waals surface area contributed by atoms with Gasteiger partial charge >= 0.3 is 0 Å². The Hall–Kier alpha value is -1.04. The van der Waals surface area contributed by atoms with Crippen molar-refractivity contribution in [2.45, 2.75) is 32.9 Å². The lowest BCUT2D eigenvalue weighted by Crippen LogP contribution is -2.40. The summed E-state index contributed by atoms with van der Waals surface area (Å²) in [5.74, 6) is 1.33. The lowest BCUT2D eigenvalue weighted by molar-refractivity contribution is -0.152. The number of nitrogens with zero attached hydrogens (tertiary/aromatic N) is 1. The highest BCUT2D eigenvalue weighted by Gasteiger charge is 2.32. The molecule has 1 saturated heterocycles. The highest BCUT2D eigenvalue weighted by molar-refractivity contribution is 7.99. The predicted molar refractivity (Wildman–Crippen MR) is 73.6 cm³/mol. The Morgan fingerprint density at radius 1 is 1.42 bits per heavy atom. The number of thioether (sulfide) groups is 1. The number of carbonyl (C=O) groups is 3. The van der Waals surface area contributed by atoms with Gasteiger partial charge in [-0.05, 0) is 6.42 Å². The number of aldehydes is 1. The van der Waals surface area contributed by atoms with Gasteiger partial charge in [0.2, 0.25) is 5.91 Å². The number of likely N-dealkylation sites (tertiary alicyclic amines) is 1. The molecule has 108 valence electrons. The average molecular weight is 287 g/mol. The SMILES string of the molecule is CC(C=O)CSCC(C)C(=O)N1CCC[C@H]1OC=O.